The number of nitrogens with zero attached hydrogens (tertiary/aromatic N) is 6. The second-order valence-corrected chi connectivity index (χ2v) is 8.40. The van der Waals surface area contributed by atoms with Crippen molar-refractivity contribution in [1.29, 1.82) is 0 Å². The van der Waals surface area contributed by atoms with Gasteiger partial charge in [-0.1, -0.05) is 24.3 Å². The molecule has 4 aromatic rings. The molecule has 0 aliphatic carbocycles. The number of rotatable bonds is 0. The van der Waals surface area contributed by atoms with E-state index in [1.54, 1.807) is 21.8 Å². The molecule has 0 saturated heterocycles. The van der Waals surface area contributed by atoms with Crippen LogP contribution in [0.2, 0.25) is 0 Å². The SMILES string of the molecule is S=c1[nH]nc2n1/N=C\c1ccccc1OCCCOc1ccccc1/C=N\n1c(n[nH]c1=S)CC2. The van der Waals surface area contributed by atoms with Crippen molar-refractivity contribution in [3.05, 3.63) is 80.8 Å². The summed E-state index contributed by atoms with van der Waals surface area (Å²) in [6.45, 7) is 0.982. The molecule has 5 rings (SSSR count). The highest BCUT2D eigenvalue weighted by molar-refractivity contribution is 7.71. The van der Waals surface area contributed by atoms with E-state index in [1.807, 2.05) is 48.5 Å². The van der Waals surface area contributed by atoms with Crippen molar-refractivity contribution in [2.45, 2.75) is 19.3 Å². The highest BCUT2D eigenvalue weighted by Gasteiger charge is 2.11. The summed E-state index contributed by atoms with van der Waals surface area (Å²) >= 11 is 10.8. The maximum Gasteiger partial charge on any atom is 0.216 e. The first-order valence-electron chi connectivity index (χ1n) is 11.0. The molecule has 0 atom stereocenters. The van der Waals surface area contributed by atoms with Gasteiger partial charge in [0.2, 0.25) is 9.54 Å². The fourth-order valence-corrected chi connectivity index (χ4v) is 3.93. The Balaban J connectivity index is 1.51. The lowest BCUT2D eigenvalue weighted by Gasteiger charge is -2.11. The molecule has 0 radical (unpaired) electrons. The summed E-state index contributed by atoms with van der Waals surface area (Å²) in [5, 5.41) is 23.4. The van der Waals surface area contributed by atoms with E-state index in [0.29, 0.717) is 53.7 Å². The largest absolute Gasteiger partial charge is 0.493 e. The van der Waals surface area contributed by atoms with Crippen molar-refractivity contribution in [2.75, 3.05) is 13.2 Å². The summed E-state index contributed by atoms with van der Waals surface area (Å²) in [5.41, 5.74) is 1.67. The third kappa shape index (κ3) is 5.28. The zero-order valence-electron chi connectivity index (χ0n) is 18.6. The fourth-order valence-electron chi connectivity index (χ4n) is 3.53. The quantitative estimate of drug-likeness (QED) is 0.350. The molecule has 35 heavy (non-hydrogen) atoms. The first kappa shape index (κ1) is 22.9. The Kier molecular flexibility index (Phi) is 6.91. The van der Waals surface area contributed by atoms with Gasteiger partial charge in [-0.15, -0.1) is 0 Å². The number of fused-ring (bicyclic) bond motifs is 4. The molecule has 12 heteroatoms. The van der Waals surface area contributed by atoms with Gasteiger partial charge < -0.3 is 9.47 Å². The fraction of sp³-hybridized carbons (Fsp3) is 0.217. The van der Waals surface area contributed by atoms with Gasteiger partial charge in [-0.25, -0.2) is 0 Å². The molecule has 178 valence electrons. The first-order valence-corrected chi connectivity index (χ1v) is 11.9. The zero-order valence-corrected chi connectivity index (χ0v) is 20.3. The van der Waals surface area contributed by atoms with E-state index in [-0.39, 0.29) is 0 Å². The molecule has 0 saturated carbocycles. The summed E-state index contributed by atoms with van der Waals surface area (Å²) in [6, 6.07) is 15.4. The van der Waals surface area contributed by atoms with Crippen LogP contribution in [0.1, 0.15) is 29.2 Å². The molecule has 2 N–H and O–H groups in total. The number of aromatic nitrogens is 6. The minimum atomic E-state index is 0.395. The number of hydrogen-bond donors (Lipinski definition) is 2. The summed E-state index contributed by atoms with van der Waals surface area (Å²) in [6.07, 6.45) is 5.15. The normalized spacial score (nSPS) is 16.0. The summed E-state index contributed by atoms with van der Waals surface area (Å²) in [7, 11) is 0. The molecule has 0 spiro atoms. The number of aryl methyl sites for hydroxylation is 2. The van der Waals surface area contributed by atoms with Crippen LogP contribution in [-0.2, 0) is 12.8 Å². The number of ether oxygens (including phenoxy) is 2. The standard InChI is InChI=1S/C23H22N8O2S2/c34-22-28-26-20-10-11-21-27-29-23(35)31(21)25-15-17-7-2-4-9-19(17)33-13-5-12-32-18-8-3-1-6-16(18)14-24-30(20)22/h1-4,6-9,14-15H,5,10-13H2,(H,28,34)(H,29,35)/b24-14-,25-15-. The Morgan fingerprint density at radius 2 is 1.14 bits per heavy atom. The lowest BCUT2D eigenvalue weighted by molar-refractivity contribution is 0.247. The first-order chi connectivity index (χ1) is 17.2. The van der Waals surface area contributed by atoms with Gasteiger partial charge in [-0.05, 0) is 48.7 Å². The zero-order chi connectivity index (χ0) is 24.0. The molecular formula is C23H22N8O2S2. The lowest BCUT2D eigenvalue weighted by atomic mass is 10.2. The second kappa shape index (κ2) is 10.6. The molecule has 0 bridgehead atoms. The molecule has 0 unspecified atom stereocenters. The van der Waals surface area contributed by atoms with Gasteiger partial charge in [0.15, 0.2) is 11.6 Å². The monoisotopic (exact) mass is 506 g/mol. The van der Waals surface area contributed by atoms with E-state index in [1.165, 1.54) is 0 Å². The lowest BCUT2D eigenvalue weighted by Crippen LogP contribution is -2.07. The molecule has 10 nitrogen and oxygen atoms in total. The van der Waals surface area contributed by atoms with Crippen LogP contribution >= 0.6 is 24.4 Å². The van der Waals surface area contributed by atoms with Crippen molar-refractivity contribution in [3.8, 4) is 11.5 Å². The van der Waals surface area contributed by atoms with Gasteiger partial charge in [-0.3, -0.25) is 10.2 Å². The van der Waals surface area contributed by atoms with Crippen LogP contribution < -0.4 is 9.47 Å². The predicted molar refractivity (Wildman–Crippen MR) is 137 cm³/mol. The average Bonchev–Trinajstić information content (AvgIpc) is 3.41. The smallest absolute Gasteiger partial charge is 0.216 e. The molecule has 2 aromatic heterocycles. The average molecular weight is 507 g/mol. The van der Waals surface area contributed by atoms with Gasteiger partial charge in [0, 0.05) is 30.4 Å². The molecule has 1 aliphatic heterocycles. The van der Waals surface area contributed by atoms with Gasteiger partial charge in [-0.2, -0.15) is 29.8 Å². The molecule has 1 aliphatic rings. The van der Waals surface area contributed by atoms with Crippen LogP contribution in [0.25, 0.3) is 0 Å². The van der Waals surface area contributed by atoms with Crippen LogP contribution in [0.5, 0.6) is 11.5 Å². The van der Waals surface area contributed by atoms with Crippen LogP contribution in [0.15, 0.2) is 58.7 Å². The third-order valence-electron chi connectivity index (χ3n) is 5.27. The number of nitrogens with one attached hydrogen (secondary N) is 2. The Bertz CT molecular complexity index is 1390. The van der Waals surface area contributed by atoms with Gasteiger partial charge in [0.25, 0.3) is 0 Å². The van der Waals surface area contributed by atoms with Crippen molar-refractivity contribution < 1.29 is 9.47 Å². The van der Waals surface area contributed by atoms with Crippen LogP contribution in [-0.4, -0.2) is 55.4 Å². The topological polar surface area (TPSA) is 110 Å². The number of hydrogen-bond acceptors (Lipinski definition) is 8. The third-order valence-corrected chi connectivity index (χ3v) is 5.80. The summed E-state index contributed by atoms with van der Waals surface area (Å²) < 4.78 is 16.0. The van der Waals surface area contributed by atoms with Crippen LogP contribution in [0.3, 0.4) is 0 Å². The summed E-state index contributed by atoms with van der Waals surface area (Å²) in [4.78, 5) is 0. The van der Waals surface area contributed by atoms with Gasteiger partial charge >= 0.3 is 0 Å². The van der Waals surface area contributed by atoms with E-state index >= 15 is 0 Å². The maximum absolute atomic E-state index is 6.00. The second-order valence-electron chi connectivity index (χ2n) is 7.63. The van der Waals surface area contributed by atoms with E-state index in [2.05, 4.69) is 30.6 Å². The van der Waals surface area contributed by atoms with Crippen LogP contribution in [0, 0.1) is 9.54 Å². The van der Waals surface area contributed by atoms with Crippen molar-refractivity contribution in [2.24, 2.45) is 10.2 Å². The maximum atomic E-state index is 6.00. The Labute approximate surface area is 210 Å². The molecule has 2 aromatic carbocycles. The highest BCUT2D eigenvalue weighted by Crippen LogP contribution is 2.19. The van der Waals surface area contributed by atoms with E-state index in [9.17, 15) is 0 Å². The highest BCUT2D eigenvalue weighted by atomic mass is 32.1. The Morgan fingerprint density at radius 3 is 1.63 bits per heavy atom. The van der Waals surface area contributed by atoms with Crippen molar-refractivity contribution >= 4 is 36.9 Å². The van der Waals surface area contributed by atoms with Gasteiger partial charge in [0.05, 0.1) is 25.6 Å². The number of H-pyrrole nitrogens is 2. The number of para-hydroxylation sites is 2. The molecule has 0 fully saturated rings. The van der Waals surface area contributed by atoms with E-state index in [4.69, 9.17) is 33.9 Å². The Hall–Kier alpha value is -3.90. The van der Waals surface area contributed by atoms with Crippen molar-refractivity contribution in [1.82, 2.24) is 29.7 Å². The molecule has 0 amide bonds. The van der Waals surface area contributed by atoms with E-state index < -0.39 is 0 Å². The predicted octanol–water partition coefficient (Wildman–Crippen LogP) is 3.91. The molecule has 3 heterocycles. The van der Waals surface area contributed by atoms with E-state index in [0.717, 1.165) is 22.6 Å². The number of aromatic amines is 2. The minimum Gasteiger partial charge on any atom is -0.493 e. The van der Waals surface area contributed by atoms with Crippen LogP contribution in [0.4, 0.5) is 0 Å². The number of benzene rings is 2. The Morgan fingerprint density at radius 1 is 0.686 bits per heavy atom. The van der Waals surface area contributed by atoms with Crippen molar-refractivity contribution in [3.63, 3.8) is 0 Å². The van der Waals surface area contributed by atoms with Gasteiger partial charge in [0.1, 0.15) is 11.5 Å². The minimum absolute atomic E-state index is 0.395. The summed E-state index contributed by atoms with van der Waals surface area (Å²) in [5.74, 6) is 2.78. The molecular weight excluding hydrogens is 484 g/mol.